The zero-order chi connectivity index (χ0) is 10.2. The highest BCUT2D eigenvalue weighted by Gasteiger charge is 2.44. The van der Waals surface area contributed by atoms with Gasteiger partial charge in [-0.3, -0.25) is 0 Å². The Bertz CT molecular complexity index is 337. The van der Waals surface area contributed by atoms with Crippen molar-refractivity contribution in [3.8, 4) is 0 Å². The molecule has 1 aromatic heterocycles. The van der Waals surface area contributed by atoms with E-state index < -0.39 is 11.8 Å². The number of nitrogens with zero attached hydrogens (tertiary/aromatic N) is 1. The van der Waals surface area contributed by atoms with E-state index >= 15 is 0 Å². The summed E-state index contributed by atoms with van der Waals surface area (Å²) in [7, 11) is 0. The smallest absolute Gasteiger partial charge is 0.245 e. The van der Waals surface area contributed by atoms with Crippen molar-refractivity contribution in [1.82, 2.24) is 4.98 Å². The zero-order valence-electron chi connectivity index (χ0n) is 7.51. The van der Waals surface area contributed by atoms with E-state index in [0.717, 1.165) is 6.42 Å². The number of hydrogen-bond acceptors (Lipinski definition) is 1. The van der Waals surface area contributed by atoms with Crippen LogP contribution in [0.2, 0.25) is 5.15 Å². The highest BCUT2D eigenvalue weighted by Crippen LogP contribution is 2.46. The summed E-state index contributed by atoms with van der Waals surface area (Å²) in [5, 5.41) is 0.126. The van der Waals surface area contributed by atoms with E-state index in [1.807, 2.05) is 0 Å². The molecular formula is C10H10ClF2N. The van der Waals surface area contributed by atoms with Gasteiger partial charge in [0, 0.05) is 17.7 Å². The zero-order valence-corrected chi connectivity index (χ0v) is 8.27. The van der Waals surface area contributed by atoms with E-state index in [-0.39, 0.29) is 10.7 Å². The Balaban J connectivity index is 2.28. The van der Waals surface area contributed by atoms with Crippen LogP contribution in [0, 0.1) is 5.92 Å². The molecule has 14 heavy (non-hydrogen) atoms. The lowest BCUT2D eigenvalue weighted by atomic mass is 9.78. The molecule has 0 bridgehead atoms. The fourth-order valence-corrected chi connectivity index (χ4v) is 1.79. The maximum atomic E-state index is 13.7. The Morgan fingerprint density at radius 1 is 1.43 bits per heavy atom. The number of hydrogen-bond donors (Lipinski definition) is 0. The first-order valence-electron chi connectivity index (χ1n) is 4.60. The quantitative estimate of drug-likeness (QED) is 0.690. The number of halogens is 3. The van der Waals surface area contributed by atoms with Crippen LogP contribution in [-0.2, 0) is 5.92 Å². The fraction of sp³-hybridized carbons (Fsp3) is 0.500. The first-order chi connectivity index (χ1) is 6.60. The van der Waals surface area contributed by atoms with Crippen LogP contribution in [0.5, 0.6) is 0 Å². The van der Waals surface area contributed by atoms with Gasteiger partial charge >= 0.3 is 0 Å². The second-order valence-electron chi connectivity index (χ2n) is 3.62. The Morgan fingerprint density at radius 3 is 2.64 bits per heavy atom. The molecule has 4 heteroatoms. The third kappa shape index (κ3) is 1.61. The molecule has 0 N–H and O–H groups in total. The average Bonchev–Trinajstić information content (AvgIpc) is 2.00. The van der Waals surface area contributed by atoms with Gasteiger partial charge in [-0.05, 0) is 25.0 Å². The minimum absolute atomic E-state index is 0.0119. The van der Waals surface area contributed by atoms with Gasteiger partial charge in [-0.25, -0.2) is 13.8 Å². The summed E-state index contributed by atoms with van der Waals surface area (Å²) in [6, 6.07) is 2.59. The summed E-state index contributed by atoms with van der Waals surface area (Å²) in [6.07, 6.45) is 3.43. The first kappa shape index (κ1) is 9.84. The van der Waals surface area contributed by atoms with Gasteiger partial charge in [-0.15, -0.1) is 0 Å². The van der Waals surface area contributed by atoms with Crippen LogP contribution in [0.3, 0.4) is 0 Å². The summed E-state index contributed by atoms with van der Waals surface area (Å²) in [6.45, 7) is 0. The molecule has 2 rings (SSSR count). The standard InChI is InChI=1S/C10H10ClF2N/c11-9-6-8(4-5-14-9)10(12,13)7-2-1-3-7/h4-7H,1-3H2. The predicted molar refractivity (Wildman–Crippen MR) is 50.5 cm³/mol. The number of aromatic nitrogens is 1. The van der Waals surface area contributed by atoms with Crippen molar-refractivity contribution in [2.75, 3.05) is 0 Å². The summed E-state index contributed by atoms with van der Waals surface area (Å²) in [5.74, 6) is -3.26. The van der Waals surface area contributed by atoms with Crippen molar-refractivity contribution >= 4 is 11.6 Å². The van der Waals surface area contributed by atoms with E-state index in [2.05, 4.69) is 4.98 Å². The third-order valence-corrected chi connectivity index (χ3v) is 2.94. The topological polar surface area (TPSA) is 12.9 Å². The van der Waals surface area contributed by atoms with Crippen molar-refractivity contribution in [3.63, 3.8) is 0 Å². The van der Waals surface area contributed by atoms with Crippen molar-refractivity contribution in [2.24, 2.45) is 5.92 Å². The van der Waals surface area contributed by atoms with Gasteiger partial charge < -0.3 is 0 Å². The molecule has 1 aliphatic rings. The molecule has 0 aromatic carbocycles. The van der Waals surface area contributed by atoms with Crippen LogP contribution in [0.15, 0.2) is 18.3 Å². The lowest BCUT2D eigenvalue weighted by molar-refractivity contribution is -0.0943. The van der Waals surface area contributed by atoms with Crippen LogP contribution < -0.4 is 0 Å². The van der Waals surface area contributed by atoms with E-state index in [1.165, 1.54) is 18.3 Å². The summed E-state index contributed by atoms with van der Waals surface area (Å²) in [5.41, 5.74) is -0.0119. The van der Waals surface area contributed by atoms with Gasteiger partial charge in [-0.1, -0.05) is 18.0 Å². The van der Waals surface area contributed by atoms with Crippen LogP contribution in [-0.4, -0.2) is 4.98 Å². The maximum absolute atomic E-state index is 13.7. The largest absolute Gasteiger partial charge is 0.276 e. The molecule has 76 valence electrons. The maximum Gasteiger partial charge on any atom is 0.276 e. The Labute approximate surface area is 86.1 Å². The lowest BCUT2D eigenvalue weighted by Gasteiger charge is -2.33. The molecule has 0 atom stereocenters. The van der Waals surface area contributed by atoms with Gasteiger partial charge in [0.2, 0.25) is 0 Å². The van der Waals surface area contributed by atoms with E-state index in [1.54, 1.807) is 0 Å². The summed E-state index contributed by atoms with van der Waals surface area (Å²) >= 11 is 5.57. The highest BCUT2D eigenvalue weighted by molar-refractivity contribution is 6.29. The first-order valence-corrected chi connectivity index (χ1v) is 4.98. The molecule has 0 aliphatic heterocycles. The van der Waals surface area contributed by atoms with Gasteiger partial charge in [0.25, 0.3) is 5.92 Å². The lowest BCUT2D eigenvalue weighted by Crippen LogP contribution is -2.31. The second kappa shape index (κ2) is 3.46. The monoisotopic (exact) mass is 217 g/mol. The van der Waals surface area contributed by atoms with Gasteiger partial charge in [-0.2, -0.15) is 0 Å². The van der Waals surface area contributed by atoms with Crippen LogP contribution in [0.4, 0.5) is 8.78 Å². The number of rotatable bonds is 2. The number of alkyl halides is 2. The van der Waals surface area contributed by atoms with Gasteiger partial charge in [0.1, 0.15) is 5.15 Å². The summed E-state index contributed by atoms with van der Waals surface area (Å²) in [4.78, 5) is 3.69. The molecule has 0 spiro atoms. The van der Waals surface area contributed by atoms with Crippen molar-refractivity contribution in [2.45, 2.75) is 25.2 Å². The molecule has 1 heterocycles. The third-order valence-electron chi connectivity index (χ3n) is 2.73. The van der Waals surface area contributed by atoms with Crippen LogP contribution in [0.25, 0.3) is 0 Å². The van der Waals surface area contributed by atoms with Gasteiger partial charge in [0.05, 0.1) is 0 Å². The molecular weight excluding hydrogens is 208 g/mol. The molecule has 1 saturated carbocycles. The molecule has 0 saturated heterocycles. The normalized spacial score (nSPS) is 17.9. The Hall–Kier alpha value is -0.700. The van der Waals surface area contributed by atoms with Crippen LogP contribution >= 0.6 is 11.6 Å². The van der Waals surface area contributed by atoms with E-state index in [9.17, 15) is 8.78 Å². The predicted octanol–water partition coefficient (Wildman–Crippen LogP) is 3.63. The van der Waals surface area contributed by atoms with Crippen molar-refractivity contribution in [1.29, 1.82) is 0 Å². The Kier molecular flexibility index (Phi) is 2.43. The molecule has 1 aromatic rings. The van der Waals surface area contributed by atoms with Crippen LogP contribution in [0.1, 0.15) is 24.8 Å². The SMILES string of the molecule is FC(F)(c1ccnc(Cl)c1)C1CCC1. The minimum Gasteiger partial charge on any atom is -0.245 e. The van der Waals surface area contributed by atoms with Crippen molar-refractivity contribution < 1.29 is 8.78 Å². The summed E-state index contributed by atoms with van der Waals surface area (Å²) < 4.78 is 27.4. The van der Waals surface area contributed by atoms with Crippen molar-refractivity contribution in [3.05, 3.63) is 29.0 Å². The molecule has 0 unspecified atom stereocenters. The molecule has 1 fully saturated rings. The van der Waals surface area contributed by atoms with E-state index in [0.29, 0.717) is 12.8 Å². The fourth-order valence-electron chi connectivity index (χ4n) is 1.62. The minimum atomic E-state index is -2.75. The highest BCUT2D eigenvalue weighted by atomic mass is 35.5. The van der Waals surface area contributed by atoms with E-state index in [4.69, 9.17) is 11.6 Å². The Morgan fingerprint density at radius 2 is 2.14 bits per heavy atom. The second-order valence-corrected chi connectivity index (χ2v) is 4.01. The molecule has 1 nitrogen and oxygen atoms in total. The average molecular weight is 218 g/mol. The van der Waals surface area contributed by atoms with Gasteiger partial charge in [0.15, 0.2) is 0 Å². The molecule has 1 aliphatic carbocycles. The number of pyridine rings is 1. The molecule has 0 radical (unpaired) electrons. The molecule has 0 amide bonds.